The van der Waals surface area contributed by atoms with E-state index in [0.717, 1.165) is 5.56 Å². The van der Waals surface area contributed by atoms with Gasteiger partial charge < -0.3 is 19.6 Å². The van der Waals surface area contributed by atoms with Crippen molar-refractivity contribution in [2.24, 2.45) is 0 Å². The smallest absolute Gasteiger partial charge is 0.408 e. The van der Waals surface area contributed by atoms with Crippen LogP contribution in [-0.4, -0.2) is 30.6 Å². The maximum absolute atomic E-state index is 11.9. The first-order chi connectivity index (χ1) is 9.69. The van der Waals surface area contributed by atoms with Gasteiger partial charge in [-0.3, -0.25) is 0 Å². The monoisotopic (exact) mass is 293 g/mol. The van der Waals surface area contributed by atoms with Crippen molar-refractivity contribution >= 4 is 12.4 Å². The highest BCUT2D eigenvalue weighted by molar-refractivity contribution is 5.76. The zero-order chi connectivity index (χ0) is 16.1. The number of alkyl carbamates (subject to hydrolysis) is 1. The molecular formula is C16H23NO4. The van der Waals surface area contributed by atoms with E-state index in [9.17, 15) is 9.59 Å². The van der Waals surface area contributed by atoms with Crippen molar-refractivity contribution in [2.75, 3.05) is 7.11 Å². The van der Waals surface area contributed by atoms with Crippen molar-refractivity contribution in [3.8, 4) is 5.75 Å². The molecule has 5 nitrogen and oxygen atoms in total. The number of rotatable bonds is 5. The van der Waals surface area contributed by atoms with E-state index in [4.69, 9.17) is 9.47 Å². The summed E-state index contributed by atoms with van der Waals surface area (Å²) in [6, 6.07) is 7.38. The minimum absolute atomic E-state index is 0.319. The molecule has 0 aliphatic rings. The average Bonchev–Trinajstić information content (AvgIpc) is 2.36. The van der Waals surface area contributed by atoms with E-state index >= 15 is 0 Å². The molecule has 0 spiro atoms. The predicted molar refractivity (Wildman–Crippen MR) is 80.5 cm³/mol. The number of carbonyl (C=O) groups excluding carboxylic acids is 2. The summed E-state index contributed by atoms with van der Waals surface area (Å²) in [5.74, 6) is 0.677. The lowest BCUT2D eigenvalue weighted by Gasteiger charge is -2.28. The van der Waals surface area contributed by atoms with Crippen LogP contribution in [-0.2, 0) is 16.0 Å². The summed E-state index contributed by atoms with van der Waals surface area (Å²) in [6.45, 7) is 6.96. The third-order valence-electron chi connectivity index (χ3n) is 2.80. The van der Waals surface area contributed by atoms with E-state index in [-0.39, 0.29) is 0 Å². The fourth-order valence-corrected chi connectivity index (χ4v) is 1.90. The van der Waals surface area contributed by atoms with E-state index < -0.39 is 17.2 Å². The molecule has 1 rings (SSSR count). The fraction of sp³-hybridized carbons (Fsp3) is 0.500. The third kappa shape index (κ3) is 5.45. The van der Waals surface area contributed by atoms with Crippen LogP contribution >= 0.6 is 0 Å². The number of benzene rings is 1. The van der Waals surface area contributed by atoms with E-state index in [2.05, 4.69) is 5.32 Å². The molecule has 0 radical (unpaired) electrons. The number of nitrogens with one attached hydrogen (secondary N) is 1. The molecule has 0 fully saturated rings. The summed E-state index contributed by atoms with van der Waals surface area (Å²) in [6.07, 6.45) is 0.412. The Hall–Kier alpha value is -2.04. The standard InChI is InChI=1S/C16H23NO4/c1-15(2,3)21-14(19)17-16(4,11-18)10-12-8-6-7-9-13(12)20-5/h6-9,11H,10H2,1-5H3,(H,17,19). The summed E-state index contributed by atoms with van der Waals surface area (Å²) < 4.78 is 10.5. The van der Waals surface area contributed by atoms with E-state index in [0.29, 0.717) is 18.5 Å². The molecule has 5 heteroatoms. The molecule has 0 bridgehead atoms. The normalized spacial score (nSPS) is 14.0. The van der Waals surface area contributed by atoms with Gasteiger partial charge in [-0.15, -0.1) is 0 Å². The minimum Gasteiger partial charge on any atom is -0.496 e. The summed E-state index contributed by atoms with van der Waals surface area (Å²) in [7, 11) is 1.57. The van der Waals surface area contributed by atoms with Crippen molar-refractivity contribution in [1.29, 1.82) is 0 Å². The Balaban J connectivity index is 2.85. The molecule has 0 aromatic heterocycles. The molecular weight excluding hydrogens is 270 g/mol. The lowest BCUT2D eigenvalue weighted by atomic mass is 9.94. The molecule has 1 amide bonds. The summed E-state index contributed by atoms with van der Waals surface area (Å²) in [5.41, 5.74) is -0.833. The molecule has 21 heavy (non-hydrogen) atoms. The number of carbonyl (C=O) groups is 2. The average molecular weight is 293 g/mol. The Morgan fingerprint density at radius 1 is 1.24 bits per heavy atom. The second-order valence-corrected chi connectivity index (χ2v) is 6.15. The molecule has 0 saturated carbocycles. The fourth-order valence-electron chi connectivity index (χ4n) is 1.90. The van der Waals surface area contributed by atoms with Gasteiger partial charge in [0.2, 0.25) is 0 Å². The van der Waals surface area contributed by atoms with Crippen LogP contribution in [0.25, 0.3) is 0 Å². The molecule has 116 valence electrons. The Morgan fingerprint density at radius 3 is 2.38 bits per heavy atom. The van der Waals surface area contributed by atoms with Gasteiger partial charge >= 0.3 is 6.09 Å². The van der Waals surface area contributed by atoms with Gasteiger partial charge in [-0.25, -0.2) is 4.79 Å². The molecule has 0 aliphatic heterocycles. The Kier molecular flexibility index (Phi) is 5.35. The van der Waals surface area contributed by atoms with Crippen LogP contribution in [0, 0.1) is 0 Å². The van der Waals surface area contributed by atoms with Crippen molar-refractivity contribution in [1.82, 2.24) is 5.32 Å². The van der Waals surface area contributed by atoms with Crippen LogP contribution in [0.3, 0.4) is 0 Å². The number of ether oxygens (including phenoxy) is 2. The second kappa shape index (κ2) is 6.61. The molecule has 1 N–H and O–H groups in total. The van der Waals surface area contributed by atoms with Gasteiger partial charge in [0.15, 0.2) is 0 Å². The molecule has 1 unspecified atom stereocenters. The highest BCUT2D eigenvalue weighted by Crippen LogP contribution is 2.22. The number of hydrogen-bond acceptors (Lipinski definition) is 4. The van der Waals surface area contributed by atoms with Crippen molar-refractivity contribution in [3.05, 3.63) is 29.8 Å². The summed E-state index contributed by atoms with van der Waals surface area (Å²) in [5, 5.41) is 2.61. The molecule has 1 aromatic rings. The Labute approximate surface area is 125 Å². The number of para-hydroxylation sites is 1. The molecule has 1 aromatic carbocycles. The molecule has 0 aliphatic carbocycles. The van der Waals surface area contributed by atoms with Crippen molar-refractivity contribution in [3.63, 3.8) is 0 Å². The first-order valence-electron chi connectivity index (χ1n) is 6.78. The third-order valence-corrected chi connectivity index (χ3v) is 2.80. The van der Waals surface area contributed by atoms with Crippen molar-refractivity contribution < 1.29 is 19.1 Å². The molecule has 1 atom stereocenters. The minimum atomic E-state index is -1.06. The van der Waals surface area contributed by atoms with Gasteiger partial charge in [-0.05, 0) is 39.3 Å². The molecule has 0 saturated heterocycles. The van der Waals surface area contributed by atoms with Crippen LogP contribution in [0.4, 0.5) is 4.79 Å². The maximum atomic E-state index is 11.9. The lowest BCUT2D eigenvalue weighted by Crippen LogP contribution is -2.50. The number of amides is 1. The van der Waals surface area contributed by atoms with Crippen LogP contribution in [0.5, 0.6) is 5.75 Å². The zero-order valence-corrected chi connectivity index (χ0v) is 13.2. The van der Waals surface area contributed by atoms with Crippen LogP contribution in [0.2, 0.25) is 0 Å². The van der Waals surface area contributed by atoms with Gasteiger partial charge in [-0.1, -0.05) is 18.2 Å². The quantitative estimate of drug-likeness (QED) is 0.848. The highest BCUT2D eigenvalue weighted by Gasteiger charge is 2.29. The predicted octanol–water partition coefficient (Wildman–Crippen LogP) is 2.72. The van der Waals surface area contributed by atoms with E-state index in [1.54, 1.807) is 34.8 Å². The largest absolute Gasteiger partial charge is 0.496 e. The van der Waals surface area contributed by atoms with Gasteiger partial charge in [0.05, 0.1) is 7.11 Å². The van der Waals surface area contributed by atoms with Gasteiger partial charge in [-0.2, -0.15) is 0 Å². The zero-order valence-electron chi connectivity index (χ0n) is 13.2. The van der Waals surface area contributed by atoms with Crippen molar-refractivity contribution in [2.45, 2.75) is 45.3 Å². The summed E-state index contributed by atoms with van der Waals surface area (Å²) in [4.78, 5) is 23.3. The highest BCUT2D eigenvalue weighted by atomic mass is 16.6. The first kappa shape index (κ1) is 17.0. The topological polar surface area (TPSA) is 64.6 Å². The maximum Gasteiger partial charge on any atom is 0.408 e. The van der Waals surface area contributed by atoms with Gasteiger partial charge in [0.25, 0.3) is 0 Å². The van der Waals surface area contributed by atoms with E-state index in [1.165, 1.54) is 0 Å². The lowest BCUT2D eigenvalue weighted by molar-refractivity contribution is -0.112. The van der Waals surface area contributed by atoms with Gasteiger partial charge in [0.1, 0.15) is 23.2 Å². The SMILES string of the molecule is COc1ccccc1CC(C)(C=O)NC(=O)OC(C)(C)C. The van der Waals surface area contributed by atoms with E-state index in [1.807, 2.05) is 24.3 Å². The first-order valence-corrected chi connectivity index (χ1v) is 6.78. The number of aldehydes is 1. The van der Waals surface area contributed by atoms with Crippen LogP contribution in [0.15, 0.2) is 24.3 Å². The Bertz CT molecular complexity index is 507. The Morgan fingerprint density at radius 2 is 1.86 bits per heavy atom. The number of methoxy groups -OCH3 is 1. The van der Waals surface area contributed by atoms with Crippen LogP contribution < -0.4 is 10.1 Å². The molecule has 0 heterocycles. The van der Waals surface area contributed by atoms with Crippen LogP contribution in [0.1, 0.15) is 33.3 Å². The van der Waals surface area contributed by atoms with Gasteiger partial charge in [0, 0.05) is 6.42 Å². The number of hydrogen-bond donors (Lipinski definition) is 1. The second-order valence-electron chi connectivity index (χ2n) is 6.15. The summed E-state index contributed by atoms with van der Waals surface area (Å²) >= 11 is 0.